The number of nitrogens with zero attached hydrogens (tertiary/aromatic N) is 1. The second-order valence-electron chi connectivity index (χ2n) is 10.3. The summed E-state index contributed by atoms with van der Waals surface area (Å²) in [5, 5.41) is 11.5. The van der Waals surface area contributed by atoms with Crippen LogP contribution < -0.4 is 10.6 Å². The summed E-state index contributed by atoms with van der Waals surface area (Å²) in [6.45, 7) is 4.10. The number of aliphatic hydroxyl groups excluding tert-OH is 1. The van der Waals surface area contributed by atoms with Crippen molar-refractivity contribution in [3.05, 3.63) is 91.0 Å². The smallest absolute Gasteiger partial charge is 0.170 e. The van der Waals surface area contributed by atoms with Gasteiger partial charge in [-0.3, -0.25) is 0 Å². The first-order valence-corrected chi connectivity index (χ1v) is 16.4. The average Bonchev–Trinajstić information content (AvgIpc) is 2.89. The Labute approximate surface area is 216 Å². The zero-order chi connectivity index (χ0) is 25.7. The van der Waals surface area contributed by atoms with Gasteiger partial charge in [-0.1, -0.05) is 112 Å². The van der Waals surface area contributed by atoms with E-state index in [2.05, 4.69) is 0 Å². The predicted octanol–water partition coefficient (Wildman–Crippen LogP) is 6.60. The van der Waals surface area contributed by atoms with Crippen molar-refractivity contribution in [3.8, 4) is 0 Å². The molecule has 192 valence electrons. The maximum atomic E-state index is 15.6. The number of hydrogen-bond acceptors (Lipinski definition) is 4. The highest BCUT2D eigenvalue weighted by atomic mass is 32.2. The van der Waals surface area contributed by atoms with Crippen LogP contribution in [0, 0.1) is 5.92 Å². The van der Waals surface area contributed by atoms with E-state index in [1.54, 1.807) is 0 Å². The van der Waals surface area contributed by atoms with Gasteiger partial charge in [0.25, 0.3) is 0 Å². The third kappa shape index (κ3) is 5.54. The predicted molar refractivity (Wildman–Crippen MR) is 151 cm³/mol. The molecule has 1 N–H and O–H groups in total. The zero-order valence-electron chi connectivity index (χ0n) is 21.3. The fourth-order valence-electron chi connectivity index (χ4n) is 5.45. The van der Waals surface area contributed by atoms with E-state index in [9.17, 15) is 9.32 Å². The molecule has 6 heteroatoms. The molecule has 0 aliphatic heterocycles. The van der Waals surface area contributed by atoms with E-state index in [1.807, 2.05) is 105 Å². The fourth-order valence-corrected chi connectivity index (χ4v) is 12.0. The Hall–Kier alpha value is -2.20. The minimum atomic E-state index is -3.35. The molecule has 36 heavy (non-hydrogen) atoms. The van der Waals surface area contributed by atoms with E-state index in [4.69, 9.17) is 4.36 Å². The SMILES string of the molecule is CC(C)C[C@@H](O)CS(=O)(=NC1(P(=O)(c2ccccc2)c2ccccc2)CCCCC1)c1ccccc1. The molecule has 1 aliphatic rings. The van der Waals surface area contributed by atoms with Crippen molar-refractivity contribution < 1.29 is 13.9 Å². The topological polar surface area (TPSA) is 66.7 Å². The van der Waals surface area contributed by atoms with Gasteiger partial charge in [-0.25, -0.2) is 8.57 Å². The Morgan fingerprint density at radius 2 is 1.31 bits per heavy atom. The molecule has 0 heterocycles. The first-order chi connectivity index (χ1) is 17.3. The maximum absolute atomic E-state index is 15.6. The van der Waals surface area contributed by atoms with Crippen LogP contribution in [0.5, 0.6) is 0 Å². The Balaban J connectivity index is 2.00. The summed E-state index contributed by atoms with van der Waals surface area (Å²) < 4.78 is 35.7. The third-order valence-electron chi connectivity index (χ3n) is 7.07. The normalized spacial score (nSPS) is 18.3. The lowest BCUT2D eigenvalue weighted by atomic mass is 9.95. The number of rotatable bonds is 9. The van der Waals surface area contributed by atoms with Crippen molar-refractivity contribution in [1.82, 2.24) is 0 Å². The summed E-state index contributed by atoms with van der Waals surface area (Å²) in [6, 6.07) is 28.5. The lowest BCUT2D eigenvalue weighted by Gasteiger charge is -2.41. The summed E-state index contributed by atoms with van der Waals surface area (Å²) in [5.41, 5.74) is 0. The molecule has 3 aromatic rings. The zero-order valence-corrected chi connectivity index (χ0v) is 23.0. The average molecular weight is 524 g/mol. The van der Waals surface area contributed by atoms with Crippen molar-refractivity contribution in [2.24, 2.45) is 10.3 Å². The molecule has 0 radical (unpaired) electrons. The largest absolute Gasteiger partial charge is 0.392 e. The number of benzene rings is 3. The van der Waals surface area contributed by atoms with Crippen LogP contribution in [0.3, 0.4) is 0 Å². The summed E-state index contributed by atoms with van der Waals surface area (Å²) in [7, 11) is -6.41. The molecule has 1 unspecified atom stereocenters. The second-order valence-corrected chi connectivity index (χ2v) is 15.7. The van der Waals surface area contributed by atoms with Gasteiger partial charge >= 0.3 is 0 Å². The van der Waals surface area contributed by atoms with Gasteiger partial charge in [0.15, 0.2) is 7.14 Å². The van der Waals surface area contributed by atoms with Gasteiger partial charge in [0.2, 0.25) is 0 Å². The minimum absolute atomic E-state index is 0.0422. The van der Waals surface area contributed by atoms with E-state index in [1.165, 1.54) is 0 Å². The Morgan fingerprint density at radius 1 is 0.833 bits per heavy atom. The van der Waals surface area contributed by atoms with Gasteiger partial charge in [-0.05, 0) is 37.3 Å². The molecule has 3 aromatic carbocycles. The van der Waals surface area contributed by atoms with Crippen LogP contribution >= 0.6 is 7.14 Å². The molecule has 0 spiro atoms. The van der Waals surface area contributed by atoms with E-state index in [0.29, 0.717) is 24.2 Å². The summed E-state index contributed by atoms with van der Waals surface area (Å²) in [6.07, 6.45) is 3.81. The van der Waals surface area contributed by atoms with Gasteiger partial charge < -0.3 is 9.67 Å². The van der Waals surface area contributed by atoms with Crippen molar-refractivity contribution in [2.45, 2.75) is 68.7 Å². The molecule has 2 atom stereocenters. The van der Waals surface area contributed by atoms with E-state index in [-0.39, 0.29) is 11.7 Å². The number of aliphatic hydroxyl groups is 1. The van der Waals surface area contributed by atoms with Crippen LogP contribution in [-0.2, 0) is 14.3 Å². The highest BCUT2D eigenvalue weighted by molar-refractivity contribution is 7.94. The fraction of sp³-hybridized carbons (Fsp3) is 0.400. The molecule has 0 saturated heterocycles. The van der Waals surface area contributed by atoms with Crippen LogP contribution in [0.1, 0.15) is 52.4 Å². The highest BCUT2D eigenvalue weighted by Gasteiger charge is 2.52. The van der Waals surface area contributed by atoms with Gasteiger partial charge in [0.1, 0.15) is 5.28 Å². The van der Waals surface area contributed by atoms with Crippen molar-refractivity contribution in [3.63, 3.8) is 0 Å². The second kappa shape index (κ2) is 11.5. The molecule has 1 fully saturated rings. The van der Waals surface area contributed by atoms with Gasteiger partial charge in [-0.2, -0.15) is 0 Å². The molecule has 1 aliphatic carbocycles. The van der Waals surface area contributed by atoms with Gasteiger partial charge in [0.05, 0.1) is 21.6 Å². The quantitative estimate of drug-likeness (QED) is 0.322. The first-order valence-electron chi connectivity index (χ1n) is 13.0. The van der Waals surface area contributed by atoms with Gasteiger partial charge in [-0.15, -0.1) is 0 Å². The van der Waals surface area contributed by atoms with Crippen molar-refractivity contribution >= 4 is 27.5 Å². The molecular weight excluding hydrogens is 485 g/mol. The molecule has 0 amide bonds. The van der Waals surface area contributed by atoms with Crippen molar-refractivity contribution in [1.29, 1.82) is 0 Å². The van der Waals surface area contributed by atoms with Crippen molar-refractivity contribution in [2.75, 3.05) is 5.75 Å². The molecule has 0 aromatic heterocycles. The van der Waals surface area contributed by atoms with Crippen LogP contribution in [0.2, 0.25) is 0 Å². The Bertz CT molecular complexity index is 1240. The molecule has 4 nitrogen and oxygen atoms in total. The third-order valence-corrected chi connectivity index (χ3v) is 13.5. The minimum Gasteiger partial charge on any atom is -0.392 e. The molecule has 0 bridgehead atoms. The summed E-state index contributed by atoms with van der Waals surface area (Å²) in [4.78, 5) is 0.602. The Morgan fingerprint density at radius 3 is 1.78 bits per heavy atom. The lowest BCUT2D eigenvalue weighted by Crippen LogP contribution is -2.40. The monoisotopic (exact) mass is 523 g/mol. The standard InChI is InChI=1S/C30H38NO3PS/c1-25(2)23-26(32)24-36(34,29-19-11-5-12-20-29)31-30(21-13-6-14-22-30)35(33,27-15-7-3-8-16-27)28-17-9-4-10-18-28/h3-5,7-12,15-20,25-26,32H,6,13-14,21-24H2,1-2H3/t26-,36?/m1/s1. The van der Waals surface area contributed by atoms with Crippen LogP contribution in [-0.4, -0.2) is 26.5 Å². The molecule has 4 rings (SSSR count). The first kappa shape index (κ1) is 26.9. The molecule has 1 saturated carbocycles. The summed E-state index contributed by atoms with van der Waals surface area (Å²) >= 11 is 0. The van der Waals surface area contributed by atoms with Crippen LogP contribution in [0.15, 0.2) is 100 Å². The maximum Gasteiger partial charge on any atom is 0.170 e. The van der Waals surface area contributed by atoms with E-state index in [0.717, 1.165) is 29.9 Å². The lowest BCUT2D eigenvalue weighted by molar-refractivity contribution is 0.171. The number of hydrogen-bond donors (Lipinski definition) is 1. The van der Waals surface area contributed by atoms with Crippen LogP contribution in [0.25, 0.3) is 0 Å². The Kier molecular flexibility index (Phi) is 8.55. The highest BCUT2D eigenvalue weighted by Crippen LogP contribution is 2.63. The van der Waals surface area contributed by atoms with Crippen LogP contribution in [0.4, 0.5) is 0 Å². The van der Waals surface area contributed by atoms with E-state index >= 15 is 4.57 Å². The molecular formula is C30H38NO3PS. The van der Waals surface area contributed by atoms with E-state index < -0.39 is 28.3 Å². The summed E-state index contributed by atoms with van der Waals surface area (Å²) in [5.74, 6) is 0.309. The van der Waals surface area contributed by atoms with Gasteiger partial charge in [0, 0.05) is 15.5 Å².